The lowest BCUT2D eigenvalue weighted by Crippen LogP contribution is -2.56. The minimum Gasteiger partial charge on any atom is -0.466 e. The molecule has 1 amide bonds. The quantitative estimate of drug-likeness (QED) is 0.400. The predicted octanol–water partition coefficient (Wildman–Crippen LogP) is 2.75. The summed E-state index contributed by atoms with van der Waals surface area (Å²) in [6.45, 7) is 15.4. The van der Waals surface area contributed by atoms with Gasteiger partial charge in [-0.15, -0.1) is 0 Å². The number of nitrogens with zero attached hydrogens (tertiary/aromatic N) is 1. The smallest absolute Gasteiger partial charge is 0.410 e. The van der Waals surface area contributed by atoms with Gasteiger partial charge < -0.3 is 24.2 Å². The number of amides is 1. The highest BCUT2D eigenvalue weighted by molar-refractivity contribution is 6.76. The Balaban J connectivity index is 2.80. The van der Waals surface area contributed by atoms with E-state index >= 15 is 0 Å². The first-order chi connectivity index (χ1) is 12.3. The van der Waals surface area contributed by atoms with Crippen molar-refractivity contribution in [1.82, 2.24) is 4.90 Å². The fourth-order valence-electron chi connectivity index (χ4n) is 2.84. The van der Waals surface area contributed by atoms with Gasteiger partial charge in [0.05, 0.1) is 19.3 Å². The fraction of sp³-hybridized carbons (Fsp3) is 0.895. The number of rotatable bonds is 7. The Bertz CT molecular complexity index is 499. The second kappa shape index (κ2) is 9.89. The van der Waals surface area contributed by atoms with Gasteiger partial charge in [-0.25, -0.2) is 4.79 Å². The van der Waals surface area contributed by atoms with Crippen LogP contribution in [0, 0.1) is 11.8 Å². The molecule has 1 aliphatic rings. The van der Waals surface area contributed by atoms with Crippen LogP contribution in [0.3, 0.4) is 0 Å². The first-order valence-electron chi connectivity index (χ1n) is 9.74. The Morgan fingerprint density at radius 3 is 2.33 bits per heavy atom. The van der Waals surface area contributed by atoms with Crippen molar-refractivity contribution in [2.24, 2.45) is 11.8 Å². The lowest BCUT2D eigenvalue weighted by Gasteiger charge is -2.40. The van der Waals surface area contributed by atoms with Crippen LogP contribution in [0.1, 0.15) is 27.7 Å². The topological polar surface area (TPSA) is 85.3 Å². The highest BCUT2D eigenvalue weighted by atomic mass is 28.3. The minimum atomic E-state index is -1.21. The average molecular weight is 404 g/mol. The molecule has 3 atom stereocenters. The van der Waals surface area contributed by atoms with Crippen molar-refractivity contribution in [1.29, 1.82) is 0 Å². The number of aliphatic hydroxyl groups excluding tert-OH is 1. The Morgan fingerprint density at radius 2 is 1.81 bits per heavy atom. The summed E-state index contributed by atoms with van der Waals surface area (Å²) >= 11 is 0. The van der Waals surface area contributed by atoms with E-state index in [1.165, 1.54) is 4.90 Å². The predicted molar refractivity (Wildman–Crippen MR) is 106 cm³/mol. The van der Waals surface area contributed by atoms with Crippen molar-refractivity contribution in [3.63, 3.8) is 0 Å². The van der Waals surface area contributed by atoms with E-state index in [-0.39, 0.29) is 19.1 Å². The molecule has 0 aromatic rings. The third kappa shape index (κ3) is 8.61. The van der Waals surface area contributed by atoms with Crippen LogP contribution in [0.25, 0.3) is 0 Å². The molecule has 0 spiro atoms. The molecular formula is C19H37NO6Si. The van der Waals surface area contributed by atoms with E-state index in [0.29, 0.717) is 19.8 Å². The maximum Gasteiger partial charge on any atom is 0.410 e. The maximum atomic E-state index is 12.5. The molecule has 0 unspecified atom stereocenters. The number of hydrogen-bond donors (Lipinski definition) is 1. The third-order valence-corrected chi connectivity index (χ3v) is 6.04. The van der Waals surface area contributed by atoms with Crippen LogP contribution in [0.2, 0.25) is 25.7 Å². The normalized spacial score (nSPS) is 23.9. The molecule has 8 heteroatoms. The molecule has 0 aromatic heterocycles. The van der Waals surface area contributed by atoms with Crippen molar-refractivity contribution < 1.29 is 28.9 Å². The molecule has 1 N–H and O–H groups in total. The number of esters is 1. The molecule has 1 fully saturated rings. The average Bonchev–Trinajstić information content (AvgIpc) is 2.50. The summed E-state index contributed by atoms with van der Waals surface area (Å²) in [7, 11) is -1.21. The number of hydrogen-bond acceptors (Lipinski definition) is 6. The summed E-state index contributed by atoms with van der Waals surface area (Å²) in [5.41, 5.74) is -0.629. The van der Waals surface area contributed by atoms with Crippen molar-refractivity contribution in [2.45, 2.75) is 65.1 Å². The molecule has 27 heavy (non-hydrogen) atoms. The SMILES string of the molecule is CCOC(=O)[C@H]1CN(C(=O)OC(C)(C)C)C[C@@H](COCC[Si](C)(C)C)[C@H]1O. The molecule has 7 nitrogen and oxygen atoms in total. The van der Waals surface area contributed by atoms with E-state index in [2.05, 4.69) is 19.6 Å². The Morgan fingerprint density at radius 1 is 1.19 bits per heavy atom. The summed E-state index contributed by atoms with van der Waals surface area (Å²) in [6, 6.07) is 1.02. The number of likely N-dealkylation sites (tertiary alicyclic amines) is 1. The van der Waals surface area contributed by atoms with E-state index in [1.54, 1.807) is 27.7 Å². The third-order valence-electron chi connectivity index (χ3n) is 4.34. The summed E-state index contributed by atoms with van der Waals surface area (Å²) in [5, 5.41) is 10.7. The van der Waals surface area contributed by atoms with Gasteiger partial charge in [0.2, 0.25) is 0 Å². The number of carbonyl (C=O) groups is 2. The highest BCUT2D eigenvalue weighted by Gasteiger charge is 2.43. The largest absolute Gasteiger partial charge is 0.466 e. The Labute approximate surface area is 164 Å². The lowest BCUT2D eigenvalue weighted by atomic mass is 9.86. The second-order valence-corrected chi connectivity index (χ2v) is 15.0. The molecule has 0 aliphatic carbocycles. The second-order valence-electron chi connectivity index (χ2n) is 9.38. The molecule has 1 saturated heterocycles. The van der Waals surface area contributed by atoms with Gasteiger partial charge in [-0.05, 0) is 33.7 Å². The Kier molecular flexibility index (Phi) is 8.76. The van der Waals surface area contributed by atoms with Gasteiger partial charge in [0.15, 0.2) is 0 Å². The van der Waals surface area contributed by atoms with Crippen LogP contribution >= 0.6 is 0 Å². The summed E-state index contributed by atoms with van der Waals surface area (Å²) in [5.74, 6) is -1.65. The zero-order chi connectivity index (χ0) is 20.8. The van der Waals surface area contributed by atoms with Crippen LogP contribution in [-0.2, 0) is 19.0 Å². The summed E-state index contributed by atoms with van der Waals surface area (Å²) < 4.78 is 16.3. The number of ether oxygens (including phenoxy) is 3. The van der Waals surface area contributed by atoms with Gasteiger partial charge in [-0.3, -0.25) is 4.79 Å². The molecule has 1 rings (SSSR count). The molecule has 0 bridgehead atoms. The van der Waals surface area contributed by atoms with Gasteiger partial charge >= 0.3 is 12.1 Å². The fourth-order valence-corrected chi connectivity index (χ4v) is 3.60. The zero-order valence-corrected chi connectivity index (χ0v) is 18.9. The van der Waals surface area contributed by atoms with Gasteiger partial charge in [0.1, 0.15) is 11.5 Å². The lowest BCUT2D eigenvalue weighted by molar-refractivity contribution is -0.159. The number of carbonyl (C=O) groups excluding carboxylic acids is 2. The maximum absolute atomic E-state index is 12.5. The molecule has 158 valence electrons. The van der Waals surface area contributed by atoms with E-state index in [1.807, 2.05) is 0 Å². The van der Waals surface area contributed by atoms with Crippen molar-refractivity contribution in [2.75, 3.05) is 32.9 Å². The standard InChI is InChI=1S/C19H37NO6Si/c1-8-25-17(22)15-12-20(18(23)26-19(2,3)4)11-14(16(15)21)13-24-9-10-27(5,6)7/h14-16,21H,8-13H2,1-7H3/t14-,15-,16+/m0/s1. The monoisotopic (exact) mass is 403 g/mol. The first kappa shape index (κ1) is 23.9. The van der Waals surface area contributed by atoms with E-state index in [0.717, 1.165) is 6.04 Å². The zero-order valence-electron chi connectivity index (χ0n) is 17.9. The van der Waals surface area contributed by atoms with E-state index in [9.17, 15) is 14.7 Å². The van der Waals surface area contributed by atoms with Crippen molar-refractivity contribution >= 4 is 20.1 Å². The van der Waals surface area contributed by atoms with Crippen LogP contribution in [0.15, 0.2) is 0 Å². The Hall–Kier alpha value is -1.12. The highest BCUT2D eigenvalue weighted by Crippen LogP contribution is 2.26. The molecule has 0 aromatic carbocycles. The van der Waals surface area contributed by atoms with Gasteiger partial charge in [-0.2, -0.15) is 0 Å². The van der Waals surface area contributed by atoms with Crippen molar-refractivity contribution in [3.05, 3.63) is 0 Å². The minimum absolute atomic E-state index is 0.0836. The molecule has 0 radical (unpaired) electrons. The number of aliphatic hydroxyl groups is 1. The first-order valence-corrected chi connectivity index (χ1v) is 13.4. The molecule has 0 saturated carbocycles. The van der Waals surface area contributed by atoms with Crippen molar-refractivity contribution in [3.8, 4) is 0 Å². The van der Waals surface area contributed by atoms with Crippen LogP contribution in [0.4, 0.5) is 4.79 Å². The van der Waals surface area contributed by atoms with E-state index in [4.69, 9.17) is 14.2 Å². The molecule has 1 heterocycles. The molecular weight excluding hydrogens is 366 g/mol. The number of piperidine rings is 1. The van der Waals surface area contributed by atoms with Gasteiger partial charge in [-0.1, -0.05) is 19.6 Å². The summed E-state index contributed by atoms with van der Waals surface area (Å²) in [6.07, 6.45) is -1.40. The summed E-state index contributed by atoms with van der Waals surface area (Å²) in [4.78, 5) is 26.2. The van der Waals surface area contributed by atoms with Crippen LogP contribution in [-0.4, -0.2) is 74.8 Å². The van der Waals surface area contributed by atoms with Gasteiger partial charge in [0.25, 0.3) is 0 Å². The van der Waals surface area contributed by atoms with Crippen LogP contribution < -0.4 is 0 Å². The van der Waals surface area contributed by atoms with Crippen LogP contribution in [0.5, 0.6) is 0 Å². The van der Waals surface area contributed by atoms with Gasteiger partial charge in [0, 0.05) is 33.7 Å². The molecule has 1 aliphatic heterocycles. The van der Waals surface area contributed by atoms with E-state index < -0.39 is 37.8 Å².